The lowest BCUT2D eigenvalue weighted by Crippen LogP contribution is -2.59. The average Bonchev–Trinajstić information content (AvgIpc) is 3.05. The molecule has 4 rings (SSSR count). The minimum Gasteiger partial charge on any atom is -0.382 e. The van der Waals surface area contributed by atoms with Crippen molar-refractivity contribution in [2.75, 3.05) is 13.7 Å². The first-order valence-electron chi connectivity index (χ1n) is 11.5. The van der Waals surface area contributed by atoms with Crippen molar-refractivity contribution in [1.82, 2.24) is 10.6 Å². The Morgan fingerprint density at radius 3 is 2.67 bits per heavy atom. The highest BCUT2D eigenvalue weighted by molar-refractivity contribution is 5.89. The highest BCUT2D eigenvalue weighted by Crippen LogP contribution is 2.64. The number of ether oxygens (including phenoxy) is 1. The number of methoxy groups -OCH3 is 1. The number of carbonyl (C=O) groups excluding carboxylic acids is 3. The van der Waals surface area contributed by atoms with Crippen LogP contribution in [0.5, 0.6) is 0 Å². The first kappa shape index (κ1) is 21.5. The summed E-state index contributed by atoms with van der Waals surface area (Å²) in [4.78, 5) is 37.0. The van der Waals surface area contributed by atoms with E-state index in [-0.39, 0.29) is 47.0 Å². The highest BCUT2D eigenvalue weighted by Gasteiger charge is 2.60. The summed E-state index contributed by atoms with van der Waals surface area (Å²) in [5, 5.41) is 6.17. The molecule has 1 heterocycles. The van der Waals surface area contributed by atoms with Gasteiger partial charge in [0.25, 0.3) is 0 Å². The van der Waals surface area contributed by atoms with Crippen molar-refractivity contribution in [2.45, 2.75) is 71.4 Å². The van der Waals surface area contributed by atoms with E-state index in [1.807, 2.05) is 0 Å². The van der Waals surface area contributed by atoms with Crippen molar-refractivity contribution in [3.8, 4) is 0 Å². The zero-order valence-corrected chi connectivity index (χ0v) is 18.7. The SMILES string of the molecule is COCC(NC(=O)C1CC[C@H]2[C@@H]3CCC4NC(=O)C=C[C@]4(C)[C@@H]3CC[C@]12C)C(C)=O. The van der Waals surface area contributed by atoms with Crippen LogP contribution in [-0.2, 0) is 19.1 Å². The van der Waals surface area contributed by atoms with Crippen LogP contribution in [0.3, 0.4) is 0 Å². The molecule has 3 saturated carbocycles. The summed E-state index contributed by atoms with van der Waals surface area (Å²) in [6.07, 6.45) is 10.1. The van der Waals surface area contributed by atoms with Crippen LogP contribution >= 0.6 is 0 Å². The molecule has 0 saturated heterocycles. The van der Waals surface area contributed by atoms with Gasteiger partial charge in [-0.2, -0.15) is 0 Å². The van der Waals surface area contributed by atoms with Gasteiger partial charge >= 0.3 is 0 Å². The van der Waals surface area contributed by atoms with Gasteiger partial charge in [-0.3, -0.25) is 14.4 Å². The molecule has 0 bridgehead atoms. The molecule has 6 heteroatoms. The summed E-state index contributed by atoms with van der Waals surface area (Å²) in [5.74, 6) is 1.59. The number of hydrogen-bond acceptors (Lipinski definition) is 4. The quantitative estimate of drug-likeness (QED) is 0.722. The fourth-order valence-corrected chi connectivity index (χ4v) is 7.46. The van der Waals surface area contributed by atoms with Crippen LogP contribution in [0.1, 0.15) is 59.3 Å². The van der Waals surface area contributed by atoms with Gasteiger partial charge in [-0.25, -0.2) is 0 Å². The van der Waals surface area contributed by atoms with Crippen molar-refractivity contribution in [1.29, 1.82) is 0 Å². The van der Waals surface area contributed by atoms with E-state index < -0.39 is 6.04 Å². The van der Waals surface area contributed by atoms with Gasteiger partial charge in [0.2, 0.25) is 11.8 Å². The van der Waals surface area contributed by atoms with Crippen LogP contribution in [0.2, 0.25) is 0 Å². The Hall–Kier alpha value is -1.69. The second-order valence-electron chi connectivity index (χ2n) is 10.5. The largest absolute Gasteiger partial charge is 0.382 e. The predicted octanol–water partition coefficient (Wildman–Crippen LogP) is 2.62. The van der Waals surface area contributed by atoms with E-state index in [4.69, 9.17) is 4.74 Å². The number of Topliss-reactive ketones (excluding diaryl/α,β-unsaturated/α-hetero) is 1. The molecule has 8 atom stereocenters. The monoisotopic (exact) mass is 416 g/mol. The van der Waals surface area contributed by atoms with Crippen LogP contribution in [0.25, 0.3) is 0 Å². The Labute approximate surface area is 179 Å². The van der Waals surface area contributed by atoms with E-state index in [1.54, 1.807) is 13.2 Å². The number of rotatable bonds is 5. The maximum atomic E-state index is 13.2. The Morgan fingerprint density at radius 1 is 1.20 bits per heavy atom. The zero-order chi connectivity index (χ0) is 21.7. The zero-order valence-electron chi connectivity index (χ0n) is 18.7. The molecule has 1 aliphatic heterocycles. The van der Waals surface area contributed by atoms with Crippen LogP contribution in [0, 0.1) is 34.5 Å². The van der Waals surface area contributed by atoms with Crippen LogP contribution in [-0.4, -0.2) is 43.4 Å². The lowest BCUT2D eigenvalue weighted by molar-refractivity contribution is -0.137. The summed E-state index contributed by atoms with van der Waals surface area (Å²) in [6, 6.07) is -0.335. The van der Waals surface area contributed by atoms with Crippen molar-refractivity contribution in [3.63, 3.8) is 0 Å². The Morgan fingerprint density at radius 2 is 1.97 bits per heavy atom. The molecule has 30 heavy (non-hydrogen) atoms. The molecule has 6 nitrogen and oxygen atoms in total. The molecule has 166 valence electrons. The number of amides is 2. The lowest BCUT2D eigenvalue weighted by Gasteiger charge is -2.58. The third-order valence-electron chi connectivity index (χ3n) is 9.14. The molecule has 2 amide bonds. The smallest absolute Gasteiger partial charge is 0.243 e. The molecule has 0 aromatic rings. The number of ketones is 1. The normalized spacial score (nSPS) is 43.1. The third-order valence-corrected chi connectivity index (χ3v) is 9.14. The predicted molar refractivity (Wildman–Crippen MR) is 113 cm³/mol. The molecule has 4 aliphatic rings. The second-order valence-corrected chi connectivity index (χ2v) is 10.5. The minimum absolute atomic E-state index is 0.0106. The Kier molecular flexibility index (Phi) is 5.58. The molecule has 0 aromatic carbocycles. The van der Waals surface area contributed by atoms with Crippen molar-refractivity contribution < 1.29 is 19.1 Å². The van der Waals surface area contributed by atoms with Crippen LogP contribution in [0.4, 0.5) is 0 Å². The molecule has 0 spiro atoms. The van der Waals surface area contributed by atoms with Gasteiger partial charge in [-0.1, -0.05) is 19.9 Å². The maximum absolute atomic E-state index is 13.2. The second kappa shape index (κ2) is 7.77. The fraction of sp³-hybridized carbons (Fsp3) is 0.792. The summed E-state index contributed by atoms with van der Waals surface area (Å²) >= 11 is 0. The summed E-state index contributed by atoms with van der Waals surface area (Å²) in [5.41, 5.74) is -0.0127. The van der Waals surface area contributed by atoms with Crippen molar-refractivity contribution in [3.05, 3.63) is 12.2 Å². The number of hydrogen-bond donors (Lipinski definition) is 2. The standard InChI is InChI=1S/C24H36N2O4/c1-14(27)19(13-30-4)25-22(29)18-7-6-16-15-5-8-20-24(3,12-10-21(28)26-20)17(15)9-11-23(16,18)2/h10,12,15-20H,5-9,11,13H2,1-4H3,(H,25,29)(H,26,28)/t15-,16-,17+,18?,19?,20?,23-,24+/m0/s1. The third kappa shape index (κ3) is 3.31. The first-order valence-corrected chi connectivity index (χ1v) is 11.5. The molecule has 2 N–H and O–H groups in total. The van der Waals surface area contributed by atoms with Gasteiger partial charge in [0.15, 0.2) is 5.78 Å². The molecule has 3 aliphatic carbocycles. The van der Waals surface area contributed by atoms with Gasteiger partial charge < -0.3 is 15.4 Å². The number of carbonyl (C=O) groups is 3. The summed E-state index contributed by atoms with van der Waals surface area (Å²) < 4.78 is 5.13. The van der Waals surface area contributed by atoms with Gasteiger partial charge in [0, 0.05) is 24.5 Å². The fourth-order valence-electron chi connectivity index (χ4n) is 7.46. The molecule has 3 unspecified atom stereocenters. The minimum atomic E-state index is -0.563. The van der Waals surface area contributed by atoms with E-state index in [2.05, 4.69) is 30.6 Å². The maximum Gasteiger partial charge on any atom is 0.243 e. The topological polar surface area (TPSA) is 84.5 Å². The molecule has 0 aromatic heterocycles. The molecule has 0 radical (unpaired) electrons. The van der Waals surface area contributed by atoms with Gasteiger partial charge in [-0.15, -0.1) is 0 Å². The van der Waals surface area contributed by atoms with E-state index in [1.165, 1.54) is 6.92 Å². The number of fused-ring (bicyclic) bond motifs is 5. The molecular weight excluding hydrogens is 380 g/mol. The molecule has 3 fully saturated rings. The lowest BCUT2D eigenvalue weighted by atomic mass is 9.48. The van der Waals surface area contributed by atoms with Gasteiger partial charge in [0.1, 0.15) is 6.04 Å². The van der Waals surface area contributed by atoms with Crippen molar-refractivity contribution >= 4 is 17.6 Å². The van der Waals surface area contributed by atoms with Crippen molar-refractivity contribution in [2.24, 2.45) is 34.5 Å². The van der Waals surface area contributed by atoms with E-state index >= 15 is 0 Å². The highest BCUT2D eigenvalue weighted by atomic mass is 16.5. The number of nitrogens with one attached hydrogen (secondary N) is 2. The summed E-state index contributed by atoms with van der Waals surface area (Å²) in [6.45, 7) is 6.34. The van der Waals surface area contributed by atoms with Crippen LogP contribution in [0.15, 0.2) is 12.2 Å². The average molecular weight is 417 g/mol. The van der Waals surface area contributed by atoms with E-state index in [0.29, 0.717) is 17.8 Å². The van der Waals surface area contributed by atoms with Crippen LogP contribution < -0.4 is 10.6 Å². The Bertz CT molecular complexity index is 764. The Balaban J connectivity index is 1.53. The summed E-state index contributed by atoms with van der Waals surface area (Å²) in [7, 11) is 1.55. The first-order chi connectivity index (χ1) is 14.2. The van der Waals surface area contributed by atoms with E-state index in [0.717, 1.165) is 38.5 Å². The van der Waals surface area contributed by atoms with Gasteiger partial charge in [-0.05, 0) is 74.7 Å². The molecular formula is C24H36N2O4. The van der Waals surface area contributed by atoms with E-state index in [9.17, 15) is 14.4 Å². The van der Waals surface area contributed by atoms with Gasteiger partial charge in [0.05, 0.1) is 6.61 Å².